The minimum Gasteiger partial charge on any atom is -0.496 e. The Morgan fingerprint density at radius 3 is 2.43 bits per heavy atom. The predicted octanol–water partition coefficient (Wildman–Crippen LogP) is 1.77. The van der Waals surface area contributed by atoms with Crippen LogP contribution in [0.3, 0.4) is 0 Å². The zero-order valence-corrected chi connectivity index (χ0v) is 17.1. The minimum absolute atomic E-state index is 0.223. The van der Waals surface area contributed by atoms with Crippen molar-refractivity contribution in [3.8, 4) is 5.75 Å². The number of sulfonamides is 1. The first-order valence-electron chi connectivity index (χ1n) is 9.25. The van der Waals surface area contributed by atoms with Gasteiger partial charge in [0, 0.05) is 19.6 Å². The molecule has 0 heterocycles. The highest BCUT2D eigenvalue weighted by Crippen LogP contribution is 2.17. The Morgan fingerprint density at radius 2 is 1.71 bits per heavy atom. The molecule has 8 heteroatoms. The van der Waals surface area contributed by atoms with Gasteiger partial charge in [0.2, 0.25) is 10.0 Å². The molecule has 0 aliphatic heterocycles. The first-order valence-corrected chi connectivity index (χ1v) is 10.7. The third-order valence-corrected chi connectivity index (χ3v) is 5.43. The molecule has 0 amide bonds. The lowest BCUT2D eigenvalue weighted by Gasteiger charge is -2.13. The fourth-order valence-electron chi connectivity index (χ4n) is 2.60. The van der Waals surface area contributed by atoms with Crippen molar-refractivity contribution in [3.63, 3.8) is 0 Å². The van der Waals surface area contributed by atoms with Gasteiger partial charge in [0.15, 0.2) is 5.96 Å². The van der Waals surface area contributed by atoms with Crippen molar-refractivity contribution in [2.24, 2.45) is 4.99 Å². The van der Waals surface area contributed by atoms with Crippen molar-refractivity contribution >= 4 is 16.0 Å². The van der Waals surface area contributed by atoms with E-state index in [1.54, 1.807) is 37.4 Å². The molecule has 0 radical (unpaired) electrons. The molecule has 0 aliphatic rings. The quantitative estimate of drug-likeness (QED) is 0.319. The standard InChI is InChI=1S/C20H28N4O3S/c1-3-21-20(22-14-13-17-9-7-8-12-19(17)27-2)23-15-16-24-28(25,26)18-10-5-4-6-11-18/h4-12,24H,3,13-16H2,1-2H3,(H2,21,22,23). The van der Waals surface area contributed by atoms with Crippen LogP contribution < -0.4 is 20.1 Å². The average molecular weight is 405 g/mol. The van der Waals surface area contributed by atoms with Crippen LogP contribution in [0.5, 0.6) is 5.75 Å². The van der Waals surface area contributed by atoms with Gasteiger partial charge in [0.05, 0.1) is 18.6 Å². The summed E-state index contributed by atoms with van der Waals surface area (Å²) in [6.45, 7) is 3.93. The van der Waals surface area contributed by atoms with Crippen molar-refractivity contribution < 1.29 is 13.2 Å². The number of hydrogen-bond donors (Lipinski definition) is 3. The largest absolute Gasteiger partial charge is 0.496 e. The van der Waals surface area contributed by atoms with Crippen LogP contribution in [-0.2, 0) is 16.4 Å². The van der Waals surface area contributed by atoms with Crippen LogP contribution >= 0.6 is 0 Å². The predicted molar refractivity (Wildman–Crippen MR) is 112 cm³/mol. The van der Waals surface area contributed by atoms with E-state index >= 15 is 0 Å². The molecule has 0 spiro atoms. The third-order valence-electron chi connectivity index (χ3n) is 3.95. The molecule has 0 aromatic heterocycles. The number of hydrogen-bond acceptors (Lipinski definition) is 4. The summed E-state index contributed by atoms with van der Waals surface area (Å²) in [5.74, 6) is 1.51. The fourth-order valence-corrected chi connectivity index (χ4v) is 3.64. The van der Waals surface area contributed by atoms with E-state index < -0.39 is 10.0 Å². The number of methoxy groups -OCH3 is 1. The number of benzene rings is 2. The molecule has 0 fully saturated rings. The third kappa shape index (κ3) is 6.86. The highest BCUT2D eigenvalue weighted by molar-refractivity contribution is 7.89. The van der Waals surface area contributed by atoms with E-state index in [2.05, 4.69) is 20.3 Å². The first-order chi connectivity index (χ1) is 13.6. The lowest BCUT2D eigenvalue weighted by Crippen LogP contribution is -2.39. The SMILES string of the molecule is CCNC(=NCCNS(=O)(=O)c1ccccc1)NCCc1ccccc1OC. The van der Waals surface area contributed by atoms with Crippen LogP contribution in [0, 0.1) is 0 Å². The van der Waals surface area contributed by atoms with Crippen molar-refractivity contribution in [2.45, 2.75) is 18.2 Å². The van der Waals surface area contributed by atoms with Crippen molar-refractivity contribution in [1.82, 2.24) is 15.4 Å². The van der Waals surface area contributed by atoms with E-state index in [1.165, 1.54) is 0 Å². The molecular formula is C20H28N4O3S. The lowest BCUT2D eigenvalue weighted by molar-refractivity contribution is 0.409. The van der Waals surface area contributed by atoms with Gasteiger partial charge in [-0.1, -0.05) is 36.4 Å². The van der Waals surface area contributed by atoms with E-state index in [0.717, 1.165) is 24.3 Å². The summed E-state index contributed by atoms with van der Waals surface area (Å²) >= 11 is 0. The summed E-state index contributed by atoms with van der Waals surface area (Å²) in [6.07, 6.45) is 0.787. The second-order valence-corrected chi connectivity index (χ2v) is 7.73. The second-order valence-electron chi connectivity index (χ2n) is 5.96. The molecule has 0 saturated carbocycles. The zero-order chi connectivity index (χ0) is 20.2. The van der Waals surface area contributed by atoms with Gasteiger partial charge in [-0.25, -0.2) is 13.1 Å². The van der Waals surface area contributed by atoms with Gasteiger partial charge in [0.25, 0.3) is 0 Å². The number of aliphatic imine (C=N–C) groups is 1. The summed E-state index contributed by atoms with van der Waals surface area (Å²) in [4.78, 5) is 4.67. The van der Waals surface area contributed by atoms with E-state index in [4.69, 9.17) is 4.74 Å². The highest BCUT2D eigenvalue weighted by atomic mass is 32.2. The van der Waals surface area contributed by atoms with Crippen LogP contribution in [0.2, 0.25) is 0 Å². The summed E-state index contributed by atoms with van der Waals surface area (Å²) in [5, 5.41) is 6.41. The van der Waals surface area contributed by atoms with Crippen molar-refractivity contribution in [3.05, 3.63) is 60.2 Å². The van der Waals surface area contributed by atoms with E-state index in [0.29, 0.717) is 19.0 Å². The van der Waals surface area contributed by atoms with E-state index in [-0.39, 0.29) is 11.4 Å². The molecule has 0 atom stereocenters. The lowest BCUT2D eigenvalue weighted by atomic mass is 10.1. The van der Waals surface area contributed by atoms with Gasteiger partial charge in [-0.05, 0) is 37.1 Å². The Hall–Kier alpha value is -2.58. The normalized spacial score (nSPS) is 11.9. The molecule has 152 valence electrons. The maximum Gasteiger partial charge on any atom is 0.240 e. The molecule has 0 aliphatic carbocycles. The van der Waals surface area contributed by atoms with Gasteiger partial charge < -0.3 is 15.4 Å². The van der Waals surface area contributed by atoms with Gasteiger partial charge >= 0.3 is 0 Å². The number of nitrogens with one attached hydrogen (secondary N) is 3. The summed E-state index contributed by atoms with van der Waals surface area (Å²) in [7, 11) is -1.84. The van der Waals surface area contributed by atoms with Crippen LogP contribution in [0.4, 0.5) is 0 Å². The fraction of sp³-hybridized carbons (Fsp3) is 0.350. The molecule has 28 heavy (non-hydrogen) atoms. The van der Waals surface area contributed by atoms with Crippen LogP contribution in [0.25, 0.3) is 0 Å². The Kier molecular flexibility index (Phi) is 8.77. The smallest absolute Gasteiger partial charge is 0.240 e. The molecule has 2 aromatic carbocycles. The number of ether oxygens (including phenoxy) is 1. The van der Waals surface area contributed by atoms with Crippen LogP contribution in [-0.4, -0.2) is 47.7 Å². The van der Waals surface area contributed by atoms with Gasteiger partial charge in [-0.3, -0.25) is 4.99 Å². The Labute approximate surface area is 167 Å². The van der Waals surface area contributed by atoms with E-state index in [9.17, 15) is 8.42 Å². The van der Waals surface area contributed by atoms with Crippen molar-refractivity contribution in [2.75, 3.05) is 33.3 Å². The number of para-hydroxylation sites is 1. The number of rotatable bonds is 10. The molecule has 2 rings (SSSR count). The first kappa shape index (κ1) is 21.7. The molecule has 0 unspecified atom stereocenters. The molecular weight excluding hydrogens is 376 g/mol. The number of nitrogens with zero attached hydrogens (tertiary/aromatic N) is 1. The Bertz CT molecular complexity index is 855. The summed E-state index contributed by atoms with van der Waals surface area (Å²) < 4.78 is 32.3. The Morgan fingerprint density at radius 1 is 1.00 bits per heavy atom. The van der Waals surface area contributed by atoms with Crippen LogP contribution in [0.15, 0.2) is 64.5 Å². The molecule has 2 aromatic rings. The second kappa shape index (κ2) is 11.3. The van der Waals surface area contributed by atoms with Gasteiger partial charge in [-0.15, -0.1) is 0 Å². The minimum atomic E-state index is -3.51. The maximum absolute atomic E-state index is 12.2. The number of guanidine groups is 1. The van der Waals surface area contributed by atoms with Crippen molar-refractivity contribution in [1.29, 1.82) is 0 Å². The monoisotopic (exact) mass is 404 g/mol. The zero-order valence-electron chi connectivity index (χ0n) is 16.3. The van der Waals surface area contributed by atoms with Crippen LogP contribution in [0.1, 0.15) is 12.5 Å². The summed E-state index contributed by atoms with van der Waals surface area (Å²) in [6, 6.07) is 16.2. The van der Waals surface area contributed by atoms with E-state index in [1.807, 2.05) is 31.2 Å². The topological polar surface area (TPSA) is 91.8 Å². The maximum atomic E-state index is 12.2. The molecule has 0 bridgehead atoms. The Balaban J connectivity index is 1.83. The van der Waals surface area contributed by atoms with Gasteiger partial charge in [-0.2, -0.15) is 0 Å². The highest BCUT2D eigenvalue weighted by Gasteiger charge is 2.11. The molecule has 7 nitrogen and oxygen atoms in total. The average Bonchev–Trinajstić information content (AvgIpc) is 2.72. The van der Waals surface area contributed by atoms with Gasteiger partial charge in [0.1, 0.15) is 5.75 Å². The molecule has 0 saturated heterocycles. The summed E-state index contributed by atoms with van der Waals surface area (Å²) in [5.41, 5.74) is 1.11. The molecule has 3 N–H and O–H groups in total.